The summed E-state index contributed by atoms with van der Waals surface area (Å²) in [5.74, 6) is 0. The standard InChI is InChI=1S/C3H2O3P/c4-3-1-2-5-6-7-3/h1-2H. The first-order valence-electron chi connectivity index (χ1n) is 1.63. The minimum atomic E-state index is -0.0914. The van der Waals surface area contributed by atoms with E-state index in [0.29, 0.717) is 0 Å². The number of rotatable bonds is 0. The van der Waals surface area contributed by atoms with Crippen LogP contribution < -0.4 is 0 Å². The maximum Gasteiger partial charge on any atom is 0.222 e. The largest absolute Gasteiger partial charge is 0.341 e. The molecule has 3 nitrogen and oxygen atoms in total. The molecular formula is C3H2O3P. The second-order valence-electron chi connectivity index (χ2n) is 0.903. The highest BCUT2D eigenvalue weighted by Crippen LogP contribution is 2.17. The summed E-state index contributed by atoms with van der Waals surface area (Å²) in [5.41, 5.74) is -0.0914. The van der Waals surface area contributed by atoms with Crippen LogP contribution in [0.3, 0.4) is 0 Å². The van der Waals surface area contributed by atoms with Crippen LogP contribution in [0.1, 0.15) is 0 Å². The predicted molar refractivity (Wildman–Crippen MR) is 23.2 cm³/mol. The topological polar surface area (TPSA) is 35.5 Å². The lowest BCUT2D eigenvalue weighted by molar-refractivity contribution is -0.145. The van der Waals surface area contributed by atoms with Crippen LogP contribution in [0.2, 0.25) is 0 Å². The molecule has 0 unspecified atom stereocenters. The number of hydrogen-bond acceptors (Lipinski definition) is 3. The molecule has 0 spiro atoms. The minimum Gasteiger partial charge on any atom is -0.341 e. The summed E-state index contributed by atoms with van der Waals surface area (Å²) in [7, 11) is 0.249. The molecule has 1 heterocycles. The van der Waals surface area contributed by atoms with Crippen molar-refractivity contribution in [2.45, 2.75) is 0 Å². The van der Waals surface area contributed by atoms with Gasteiger partial charge in [0.15, 0.2) is 0 Å². The van der Waals surface area contributed by atoms with Gasteiger partial charge in [-0.1, -0.05) is 0 Å². The lowest BCUT2D eigenvalue weighted by Crippen LogP contribution is -1.89. The van der Waals surface area contributed by atoms with E-state index in [4.69, 9.17) is 0 Å². The second kappa shape index (κ2) is 2.05. The molecule has 1 rings (SSSR count). The van der Waals surface area contributed by atoms with E-state index in [1.54, 1.807) is 0 Å². The third kappa shape index (κ3) is 1.26. The van der Waals surface area contributed by atoms with E-state index in [2.05, 4.69) is 9.56 Å². The fourth-order valence-electron chi connectivity index (χ4n) is 0.200. The molecule has 0 aromatic carbocycles. The molecule has 0 aliphatic carbocycles. The zero-order valence-corrected chi connectivity index (χ0v) is 4.22. The Labute approximate surface area is 42.1 Å². The van der Waals surface area contributed by atoms with Gasteiger partial charge in [0.05, 0.1) is 0 Å². The van der Waals surface area contributed by atoms with Crippen LogP contribution in [0, 0.1) is 0 Å². The van der Waals surface area contributed by atoms with E-state index in [1.807, 2.05) is 0 Å². The highest BCUT2D eigenvalue weighted by atomic mass is 31.1. The molecular weight excluding hydrogens is 115 g/mol. The van der Waals surface area contributed by atoms with E-state index in [9.17, 15) is 4.79 Å². The van der Waals surface area contributed by atoms with Crippen molar-refractivity contribution in [1.29, 1.82) is 0 Å². The Hall–Kier alpha value is -0.400. The Kier molecular flexibility index (Phi) is 1.39. The molecule has 0 amide bonds. The van der Waals surface area contributed by atoms with Crippen LogP contribution in [-0.2, 0) is 14.4 Å². The molecule has 0 fully saturated rings. The average Bonchev–Trinajstić information content (AvgIpc) is 1.69. The van der Waals surface area contributed by atoms with E-state index in [1.165, 1.54) is 12.3 Å². The lowest BCUT2D eigenvalue weighted by atomic mass is 10.7. The van der Waals surface area contributed by atoms with Crippen LogP contribution in [-0.4, -0.2) is 5.52 Å². The molecule has 1 aliphatic rings. The first-order chi connectivity index (χ1) is 3.39. The van der Waals surface area contributed by atoms with Crippen molar-refractivity contribution in [2.75, 3.05) is 0 Å². The Balaban J connectivity index is 2.51. The van der Waals surface area contributed by atoms with Crippen molar-refractivity contribution < 1.29 is 14.4 Å². The Bertz CT molecular complexity index is 109. The molecule has 0 saturated carbocycles. The van der Waals surface area contributed by atoms with Crippen molar-refractivity contribution in [3.05, 3.63) is 12.3 Å². The fraction of sp³-hybridized carbons (Fsp3) is 0. The van der Waals surface area contributed by atoms with Gasteiger partial charge in [-0.2, -0.15) is 4.67 Å². The van der Waals surface area contributed by atoms with Crippen molar-refractivity contribution in [1.82, 2.24) is 0 Å². The monoisotopic (exact) mass is 117 g/mol. The molecule has 0 bridgehead atoms. The smallest absolute Gasteiger partial charge is 0.222 e. The van der Waals surface area contributed by atoms with Gasteiger partial charge in [0.1, 0.15) is 6.26 Å². The van der Waals surface area contributed by atoms with Gasteiger partial charge < -0.3 is 4.89 Å². The third-order valence-corrected chi connectivity index (χ3v) is 0.926. The number of carbonyl (C=O) groups is 1. The van der Waals surface area contributed by atoms with Crippen molar-refractivity contribution >= 4 is 14.3 Å². The summed E-state index contributed by atoms with van der Waals surface area (Å²) < 4.78 is 4.22. The van der Waals surface area contributed by atoms with E-state index >= 15 is 0 Å². The molecule has 37 valence electrons. The van der Waals surface area contributed by atoms with Gasteiger partial charge in [-0.3, -0.25) is 4.79 Å². The lowest BCUT2D eigenvalue weighted by Gasteiger charge is -1.98. The summed E-state index contributed by atoms with van der Waals surface area (Å²) >= 11 is 0. The summed E-state index contributed by atoms with van der Waals surface area (Å²) in [6, 6.07) is 0. The van der Waals surface area contributed by atoms with Crippen LogP contribution in [0.5, 0.6) is 0 Å². The Morgan fingerprint density at radius 3 is 2.86 bits per heavy atom. The quantitative estimate of drug-likeness (QED) is 0.348. The van der Waals surface area contributed by atoms with Crippen LogP contribution in [0.25, 0.3) is 0 Å². The van der Waals surface area contributed by atoms with Crippen molar-refractivity contribution in [3.8, 4) is 0 Å². The minimum absolute atomic E-state index is 0.0914. The number of hydrogen-bond donors (Lipinski definition) is 0. The number of carbonyl (C=O) groups excluding carboxylic acids is 1. The SMILES string of the molecule is O=C1C=COO[P]1. The van der Waals surface area contributed by atoms with Crippen LogP contribution >= 0.6 is 8.81 Å². The highest BCUT2D eigenvalue weighted by molar-refractivity contribution is 7.53. The van der Waals surface area contributed by atoms with Crippen molar-refractivity contribution in [3.63, 3.8) is 0 Å². The maximum absolute atomic E-state index is 10.2. The van der Waals surface area contributed by atoms with E-state index < -0.39 is 0 Å². The first kappa shape index (κ1) is 4.75. The van der Waals surface area contributed by atoms with Gasteiger partial charge in [0, 0.05) is 6.08 Å². The zero-order chi connectivity index (χ0) is 5.11. The summed E-state index contributed by atoms with van der Waals surface area (Å²) in [5, 5.41) is 0. The van der Waals surface area contributed by atoms with Crippen molar-refractivity contribution in [2.24, 2.45) is 0 Å². The fourth-order valence-corrected chi connectivity index (χ4v) is 0.487. The molecule has 4 heteroatoms. The molecule has 1 radical (unpaired) electrons. The van der Waals surface area contributed by atoms with Gasteiger partial charge in [0.25, 0.3) is 0 Å². The molecule has 7 heavy (non-hydrogen) atoms. The molecule has 0 aromatic heterocycles. The van der Waals surface area contributed by atoms with Gasteiger partial charge in [0.2, 0.25) is 14.3 Å². The van der Waals surface area contributed by atoms with Gasteiger partial charge >= 0.3 is 0 Å². The molecule has 0 atom stereocenters. The van der Waals surface area contributed by atoms with E-state index in [0.717, 1.165) is 0 Å². The average molecular weight is 117 g/mol. The second-order valence-corrected chi connectivity index (χ2v) is 1.68. The summed E-state index contributed by atoms with van der Waals surface area (Å²) in [6.07, 6.45) is 2.52. The molecule has 1 aliphatic heterocycles. The molecule has 0 saturated heterocycles. The third-order valence-electron chi connectivity index (χ3n) is 0.436. The van der Waals surface area contributed by atoms with Crippen LogP contribution in [0.4, 0.5) is 0 Å². The predicted octanol–water partition coefficient (Wildman–Crippen LogP) is 0.850. The van der Waals surface area contributed by atoms with Crippen LogP contribution in [0.15, 0.2) is 12.3 Å². The zero-order valence-electron chi connectivity index (χ0n) is 3.33. The summed E-state index contributed by atoms with van der Waals surface area (Å²) in [4.78, 5) is 14.4. The highest BCUT2D eigenvalue weighted by Gasteiger charge is 2.03. The first-order valence-corrected chi connectivity index (χ1v) is 2.45. The Morgan fingerprint density at radius 2 is 2.57 bits per heavy atom. The van der Waals surface area contributed by atoms with Gasteiger partial charge in [-0.15, -0.1) is 0 Å². The normalized spacial score (nSPS) is 22.6. The molecule has 0 aromatic rings. The number of allylic oxidation sites excluding steroid dienone is 1. The van der Waals surface area contributed by atoms with Gasteiger partial charge in [-0.25, -0.2) is 0 Å². The molecule has 0 N–H and O–H groups in total. The van der Waals surface area contributed by atoms with Gasteiger partial charge in [-0.05, 0) is 0 Å². The summed E-state index contributed by atoms with van der Waals surface area (Å²) in [6.45, 7) is 0. The maximum atomic E-state index is 10.2. The van der Waals surface area contributed by atoms with E-state index in [-0.39, 0.29) is 14.3 Å². The Morgan fingerprint density at radius 1 is 1.71 bits per heavy atom.